The van der Waals surface area contributed by atoms with Gasteiger partial charge in [0.1, 0.15) is 5.75 Å². The van der Waals surface area contributed by atoms with Crippen LogP contribution in [0.4, 0.5) is 0 Å². The van der Waals surface area contributed by atoms with Crippen molar-refractivity contribution in [1.82, 2.24) is 5.32 Å². The van der Waals surface area contributed by atoms with Crippen LogP contribution < -0.4 is 10.1 Å². The lowest BCUT2D eigenvalue weighted by Gasteiger charge is -2.14. The molecule has 2 nitrogen and oxygen atoms in total. The van der Waals surface area contributed by atoms with Crippen molar-refractivity contribution in [2.75, 3.05) is 20.2 Å². The van der Waals surface area contributed by atoms with E-state index in [-0.39, 0.29) is 0 Å². The molecule has 1 unspecified atom stereocenters. The Kier molecular flexibility index (Phi) is 4.30. The second-order valence-electron chi connectivity index (χ2n) is 4.81. The summed E-state index contributed by atoms with van der Waals surface area (Å²) in [5, 5.41) is 4.21. The molecule has 0 radical (unpaired) electrons. The highest BCUT2D eigenvalue weighted by Crippen LogP contribution is 2.29. The van der Waals surface area contributed by atoms with Crippen molar-refractivity contribution in [3.63, 3.8) is 0 Å². The summed E-state index contributed by atoms with van der Waals surface area (Å²) in [7, 11) is 1.73. The minimum Gasteiger partial charge on any atom is -0.496 e. The zero-order valence-corrected chi connectivity index (χ0v) is 11.3. The highest BCUT2D eigenvalue weighted by molar-refractivity contribution is 6.30. The summed E-state index contributed by atoms with van der Waals surface area (Å²) in [6, 6.07) is 4.00. The number of rotatable bonds is 4. The first-order valence-electron chi connectivity index (χ1n) is 6.24. The zero-order valence-electron chi connectivity index (χ0n) is 10.6. The van der Waals surface area contributed by atoms with Crippen molar-refractivity contribution in [2.24, 2.45) is 5.92 Å². The average molecular weight is 254 g/mol. The van der Waals surface area contributed by atoms with Gasteiger partial charge in [-0.2, -0.15) is 0 Å². The average Bonchev–Trinajstić information content (AvgIpc) is 2.78. The molecule has 1 aliphatic rings. The number of hydrogen-bond acceptors (Lipinski definition) is 2. The highest BCUT2D eigenvalue weighted by Gasteiger charge is 2.16. The molecule has 1 N–H and O–H groups in total. The summed E-state index contributed by atoms with van der Waals surface area (Å²) in [6.07, 6.45) is 3.56. The van der Waals surface area contributed by atoms with E-state index in [1.54, 1.807) is 7.11 Å². The van der Waals surface area contributed by atoms with E-state index in [0.29, 0.717) is 0 Å². The fraction of sp³-hybridized carbons (Fsp3) is 0.571. The molecular formula is C14H20ClNO. The van der Waals surface area contributed by atoms with Gasteiger partial charge in [0.05, 0.1) is 7.11 Å². The van der Waals surface area contributed by atoms with E-state index in [4.69, 9.17) is 16.3 Å². The minimum absolute atomic E-state index is 0.805. The third kappa shape index (κ3) is 3.14. The molecule has 1 saturated heterocycles. The number of halogens is 1. The van der Waals surface area contributed by atoms with Crippen molar-refractivity contribution in [1.29, 1.82) is 0 Å². The van der Waals surface area contributed by atoms with E-state index < -0.39 is 0 Å². The molecule has 1 atom stereocenters. The van der Waals surface area contributed by atoms with Crippen LogP contribution in [0.25, 0.3) is 0 Å². The summed E-state index contributed by atoms with van der Waals surface area (Å²) in [4.78, 5) is 0. The predicted molar refractivity (Wildman–Crippen MR) is 72.0 cm³/mol. The van der Waals surface area contributed by atoms with Crippen molar-refractivity contribution < 1.29 is 4.74 Å². The number of hydrogen-bond donors (Lipinski definition) is 1. The third-order valence-electron chi connectivity index (χ3n) is 3.50. The van der Waals surface area contributed by atoms with Gasteiger partial charge in [0, 0.05) is 5.02 Å². The topological polar surface area (TPSA) is 21.3 Å². The molecule has 0 aromatic heterocycles. The zero-order chi connectivity index (χ0) is 12.3. The van der Waals surface area contributed by atoms with Gasteiger partial charge in [-0.3, -0.25) is 0 Å². The lowest BCUT2D eigenvalue weighted by atomic mass is 9.97. The second-order valence-corrected chi connectivity index (χ2v) is 5.25. The molecule has 1 aromatic rings. The molecule has 1 aliphatic heterocycles. The van der Waals surface area contributed by atoms with Crippen LogP contribution in [0.15, 0.2) is 12.1 Å². The maximum absolute atomic E-state index is 6.11. The molecular weight excluding hydrogens is 234 g/mol. The van der Waals surface area contributed by atoms with Crippen molar-refractivity contribution in [2.45, 2.75) is 26.2 Å². The molecule has 0 saturated carbocycles. The minimum atomic E-state index is 0.805. The Morgan fingerprint density at radius 2 is 2.29 bits per heavy atom. The van der Waals surface area contributed by atoms with E-state index in [0.717, 1.165) is 41.8 Å². The Balaban J connectivity index is 2.07. The third-order valence-corrected chi connectivity index (χ3v) is 3.72. The first kappa shape index (κ1) is 12.7. The van der Waals surface area contributed by atoms with E-state index in [1.165, 1.54) is 18.4 Å². The van der Waals surface area contributed by atoms with Gasteiger partial charge >= 0.3 is 0 Å². The fourth-order valence-electron chi connectivity index (χ4n) is 2.60. The molecule has 94 valence electrons. The molecule has 17 heavy (non-hydrogen) atoms. The van der Waals surface area contributed by atoms with E-state index in [1.807, 2.05) is 19.1 Å². The Bertz CT molecular complexity index is 386. The number of ether oxygens (including phenoxy) is 1. The number of aryl methyl sites for hydroxylation is 2. The van der Waals surface area contributed by atoms with Gasteiger partial charge in [0.2, 0.25) is 0 Å². The van der Waals surface area contributed by atoms with Crippen molar-refractivity contribution in [3.8, 4) is 5.75 Å². The van der Waals surface area contributed by atoms with Gasteiger partial charge in [0.15, 0.2) is 0 Å². The van der Waals surface area contributed by atoms with E-state index in [9.17, 15) is 0 Å². The second kappa shape index (κ2) is 5.74. The van der Waals surface area contributed by atoms with Crippen molar-refractivity contribution in [3.05, 3.63) is 28.3 Å². The number of nitrogens with one attached hydrogen (secondary N) is 1. The van der Waals surface area contributed by atoms with Crippen LogP contribution in [0, 0.1) is 12.8 Å². The summed E-state index contributed by atoms with van der Waals surface area (Å²) >= 11 is 6.11. The van der Waals surface area contributed by atoms with Crippen LogP contribution in [0.1, 0.15) is 24.0 Å². The van der Waals surface area contributed by atoms with Crippen LogP contribution in [-0.4, -0.2) is 20.2 Å². The van der Waals surface area contributed by atoms with Crippen LogP contribution in [0.2, 0.25) is 5.02 Å². The molecule has 1 heterocycles. The Morgan fingerprint density at radius 3 is 2.94 bits per heavy atom. The van der Waals surface area contributed by atoms with Gasteiger partial charge < -0.3 is 10.1 Å². The molecule has 1 fully saturated rings. The lowest BCUT2D eigenvalue weighted by molar-refractivity contribution is 0.403. The predicted octanol–water partition coefficient (Wildman–Crippen LogP) is 3.20. The SMILES string of the molecule is COc1c(C)cc(Cl)cc1CCC1CCNC1. The standard InChI is InChI=1S/C14H20ClNO/c1-10-7-13(15)8-12(14(10)17-2)4-3-11-5-6-16-9-11/h7-8,11,16H,3-6,9H2,1-2H3. The van der Waals surface area contributed by atoms with Crippen LogP contribution >= 0.6 is 11.6 Å². The Labute approximate surface area is 108 Å². The summed E-state index contributed by atoms with van der Waals surface area (Å²) in [6.45, 7) is 4.36. The van der Waals surface area contributed by atoms with E-state index in [2.05, 4.69) is 5.32 Å². The molecule has 0 aliphatic carbocycles. The van der Waals surface area contributed by atoms with Crippen LogP contribution in [-0.2, 0) is 6.42 Å². The molecule has 0 bridgehead atoms. The van der Waals surface area contributed by atoms with Gasteiger partial charge in [-0.05, 0) is 68.5 Å². The Morgan fingerprint density at radius 1 is 1.47 bits per heavy atom. The summed E-state index contributed by atoms with van der Waals surface area (Å²) in [5.41, 5.74) is 2.36. The van der Waals surface area contributed by atoms with Gasteiger partial charge in [-0.15, -0.1) is 0 Å². The highest BCUT2D eigenvalue weighted by atomic mass is 35.5. The quantitative estimate of drug-likeness (QED) is 0.890. The molecule has 1 aromatic carbocycles. The largest absolute Gasteiger partial charge is 0.496 e. The van der Waals surface area contributed by atoms with Gasteiger partial charge in [0.25, 0.3) is 0 Å². The lowest BCUT2D eigenvalue weighted by Crippen LogP contribution is -2.09. The monoisotopic (exact) mass is 253 g/mol. The number of methoxy groups -OCH3 is 1. The molecule has 0 amide bonds. The van der Waals surface area contributed by atoms with Crippen LogP contribution in [0.5, 0.6) is 5.75 Å². The maximum Gasteiger partial charge on any atom is 0.125 e. The molecule has 0 spiro atoms. The molecule has 2 rings (SSSR count). The van der Waals surface area contributed by atoms with Gasteiger partial charge in [-0.25, -0.2) is 0 Å². The molecule has 3 heteroatoms. The van der Waals surface area contributed by atoms with Gasteiger partial charge in [-0.1, -0.05) is 11.6 Å². The summed E-state index contributed by atoms with van der Waals surface area (Å²) in [5.74, 6) is 1.80. The first-order chi connectivity index (χ1) is 8.20. The van der Waals surface area contributed by atoms with Crippen LogP contribution in [0.3, 0.4) is 0 Å². The number of benzene rings is 1. The Hall–Kier alpha value is -0.730. The maximum atomic E-state index is 6.11. The van der Waals surface area contributed by atoms with Crippen molar-refractivity contribution >= 4 is 11.6 Å². The normalized spacial score (nSPS) is 19.6. The summed E-state index contributed by atoms with van der Waals surface area (Å²) < 4.78 is 5.47. The first-order valence-corrected chi connectivity index (χ1v) is 6.62. The van der Waals surface area contributed by atoms with E-state index >= 15 is 0 Å². The smallest absolute Gasteiger partial charge is 0.125 e. The fourth-order valence-corrected chi connectivity index (χ4v) is 2.89.